The molecule has 4 nitrogen and oxygen atoms in total. The lowest BCUT2D eigenvalue weighted by molar-refractivity contribution is -0.115. The van der Waals surface area contributed by atoms with Gasteiger partial charge in [-0.1, -0.05) is 0 Å². The van der Waals surface area contributed by atoms with Gasteiger partial charge in [0.1, 0.15) is 5.60 Å². The van der Waals surface area contributed by atoms with Gasteiger partial charge in [0, 0.05) is 11.8 Å². The Kier molecular flexibility index (Phi) is 2.40. The molecular formula is C9H13NO3. The number of carbonyl (C=O) groups excluding carboxylic acids is 2. The maximum atomic E-state index is 11.1. The van der Waals surface area contributed by atoms with Gasteiger partial charge in [-0.25, -0.2) is 4.79 Å². The Morgan fingerprint density at radius 1 is 1.54 bits per heavy atom. The van der Waals surface area contributed by atoms with Gasteiger partial charge in [0.15, 0.2) is 5.78 Å². The van der Waals surface area contributed by atoms with Crippen molar-refractivity contribution in [2.75, 3.05) is 0 Å². The van der Waals surface area contributed by atoms with Crippen LogP contribution >= 0.6 is 0 Å². The number of hydrogen-bond acceptors (Lipinski definition) is 3. The van der Waals surface area contributed by atoms with Gasteiger partial charge in [0.05, 0.1) is 6.42 Å². The van der Waals surface area contributed by atoms with E-state index in [2.05, 4.69) is 5.32 Å². The fourth-order valence-corrected chi connectivity index (χ4v) is 0.868. The lowest BCUT2D eigenvalue weighted by atomic mass is 10.1. The fraction of sp³-hybridized carbons (Fsp3) is 0.556. The van der Waals surface area contributed by atoms with Gasteiger partial charge in [-0.05, 0) is 20.8 Å². The van der Waals surface area contributed by atoms with Crippen molar-refractivity contribution in [2.24, 2.45) is 0 Å². The smallest absolute Gasteiger partial charge is 0.411 e. The van der Waals surface area contributed by atoms with Crippen molar-refractivity contribution in [1.82, 2.24) is 5.32 Å². The van der Waals surface area contributed by atoms with Crippen LogP contribution in [0.5, 0.6) is 0 Å². The molecule has 0 aromatic carbocycles. The van der Waals surface area contributed by atoms with Crippen molar-refractivity contribution in [1.29, 1.82) is 0 Å². The summed E-state index contributed by atoms with van der Waals surface area (Å²) < 4.78 is 4.98. The summed E-state index contributed by atoms with van der Waals surface area (Å²) in [4.78, 5) is 21.6. The maximum Gasteiger partial charge on any atom is 0.411 e. The van der Waals surface area contributed by atoms with Gasteiger partial charge < -0.3 is 4.74 Å². The lowest BCUT2D eigenvalue weighted by Crippen LogP contribution is -2.34. The SMILES string of the molecule is CC(C)(C)OC(=O)NC1=CC(=O)C1. The highest BCUT2D eigenvalue weighted by Crippen LogP contribution is 2.12. The van der Waals surface area contributed by atoms with E-state index in [-0.39, 0.29) is 5.78 Å². The van der Waals surface area contributed by atoms with Crippen LogP contribution in [0, 0.1) is 0 Å². The molecule has 72 valence electrons. The zero-order chi connectivity index (χ0) is 10.1. The molecule has 0 saturated carbocycles. The molecule has 1 aliphatic carbocycles. The van der Waals surface area contributed by atoms with Crippen molar-refractivity contribution in [3.8, 4) is 0 Å². The van der Waals surface area contributed by atoms with Crippen LogP contribution < -0.4 is 5.32 Å². The summed E-state index contributed by atoms with van der Waals surface area (Å²) >= 11 is 0. The molecule has 1 aliphatic rings. The number of carbonyl (C=O) groups is 2. The first-order valence-electron chi connectivity index (χ1n) is 4.10. The van der Waals surface area contributed by atoms with Gasteiger partial charge in [-0.3, -0.25) is 10.1 Å². The van der Waals surface area contributed by atoms with E-state index >= 15 is 0 Å². The van der Waals surface area contributed by atoms with Gasteiger partial charge in [0.25, 0.3) is 0 Å². The molecular weight excluding hydrogens is 170 g/mol. The summed E-state index contributed by atoms with van der Waals surface area (Å²) in [5, 5.41) is 2.48. The minimum absolute atomic E-state index is 0.0334. The van der Waals surface area contributed by atoms with Gasteiger partial charge in [-0.2, -0.15) is 0 Å². The summed E-state index contributed by atoms with van der Waals surface area (Å²) in [6.07, 6.45) is 1.19. The molecule has 0 aromatic heterocycles. The minimum Gasteiger partial charge on any atom is -0.444 e. The Morgan fingerprint density at radius 3 is 2.46 bits per heavy atom. The first-order valence-corrected chi connectivity index (χ1v) is 4.10. The van der Waals surface area contributed by atoms with Crippen LogP contribution in [0.1, 0.15) is 27.2 Å². The maximum absolute atomic E-state index is 11.1. The van der Waals surface area contributed by atoms with Crippen LogP contribution in [0.4, 0.5) is 4.79 Å². The summed E-state index contributed by atoms with van der Waals surface area (Å²) in [6, 6.07) is 0. The van der Waals surface area contributed by atoms with Crippen molar-refractivity contribution in [2.45, 2.75) is 32.8 Å². The van der Waals surface area contributed by atoms with E-state index in [1.54, 1.807) is 20.8 Å². The number of rotatable bonds is 1. The molecule has 0 bridgehead atoms. The minimum atomic E-state index is -0.508. The van der Waals surface area contributed by atoms with Crippen molar-refractivity contribution in [3.05, 3.63) is 11.8 Å². The summed E-state index contributed by atoms with van der Waals surface area (Å²) in [6.45, 7) is 5.35. The van der Waals surface area contributed by atoms with Crippen LogP contribution in [0.3, 0.4) is 0 Å². The predicted molar refractivity (Wildman–Crippen MR) is 47.1 cm³/mol. The Bertz CT molecular complexity index is 273. The van der Waals surface area contributed by atoms with Gasteiger partial charge in [0.2, 0.25) is 0 Å². The number of amides is 1. The molecule has 1 rings (SSSR count). The number of ketones is 1. The molecule has 0 radical (unpaired) electrons. The number of alkyl carbamates (subject to hydrolysis) is 1. The molecule has 13 heavy (non-hydrogen) atoms. The molecule has 0 spiro atoms. The second-order valence-electron chi connectivity index (χ2n) is 3.94. The molecule has 1 amide bonds. The third-order valence-corrected chi connectivity index (χ3v) is 1.36. The number of allylic oxidation sites excluding steroid dienone is 2. The molecule has 0 saturated heterocycles. The highest BCUT2D eigenvalue weighted by atomic mass is 16.6. The number of nitrogens with one attached hydrogen (secondary N) is 1. The first kappa shape index (κ1) is 9.77. The van der Waals surface area contributed by atoms with E-state index in [0.717, 1.165) is 0 Å². The van der Waals surface area contributed by atoms with Crippen molar-refractivity contribution in [3.63, 3.8) is 0 Å². The molecule has 0 atom stereocenters. The van der Waals surface area contributed by atoms with Crippen LogP contribution in [0.25, 0.3) is 0 Å². The summed E-state index contributed by atoms with van der Waals surface area (Å²) in [5.41, 5.74) is 0.123. The number of hydrogen-bond donors (Lipinski definition) is 1. The highest BCUT2D eigenvalue weighted by molar-refractivity contribution is 5.99. The highest BCUT2D eigenvalue weighted by Gasteiger charge is 2.21. The predicted octanol–water partition coefficient (Wildman–Crippen LogP) is 1.37. The largest absolute Gasteiger partial charge is 0.444 e. The van der Waals surface area contributed by atoms with Gasteiger partial charge >= 0.3 is 6.09 Å². The standard InChI is InChI=1S/C9H13NO3/c1-9(2,3)13-8(12)10-6-4-7(11)5-6/h4H,5H2,1-3H3,(H,10,12). The summed E-state index contributed by atoms with van der Waals surface area (Å²) in [5.74, 6) is 0.0334. The third-order valence-electron chi connectivity index (χ3n) is 1.36. The van der Waals surface area contributed by atoms with Crippen LogP contribution in [0.15, 0.2) is 11.8 Å². The van der Waals surface area contributed by atoms with E-state index in [0.29, 0.717) is 12.1 Å². The van der Waals surface area contributed by atoms with Crippen LogP contribution in [-0.2, 0) is 9.53 Å². The molecule has 0 aliphatic heterocycles. The van der Waals surface area contributed by atoms with Crippen LogP contribution in [-0.4, -0.2) is 17.5 Å². The Balaban J connectivity index is 2.35. The van der Waals surface area contributed by atoms with E-state index in [1.807, 2.05) is 0 Å². The molecule has 1 N–H and O–H groups in total. The monoisotopic (exact) mass is 183 g/mol. The Hall–Kier alpha value is -1.32. The second-order valence-corrected chi connectivity index (χ2v) is 3.94. The zero-order valence-electron chi connectivity index (χ0n) is 8.01. The molecule has 4 heteroatoms. The molecule has 0 heterocycles. The quantitative estimate of drug-likeness (QED) is 0.668. The topological polar surface area (TPSA) is 55.4 Å². The van der Waals surface area contributed by atoms with E-state index < -0.39 is 11.7 Å². The van der Waals surface area contributed by atoms with Crippen LogP contribution in [0.2, 0.25) is 0 Å². The third kappa shape index (κ3) is 3.27. The summed E-state index contributed by atoms with van der Waals surface area (Å²) in [7, 11) is 0. The average Bonchev–Trinajstić information content (AvgIpc) is 1.79. The molecule has 0 fully saturated rings. The molecule has 0 aromatic rings. The number of ether oxygens (including phenoxy) is 1. The zero-order valence-corrected chi connectivity index (χ0v) is 8.01. The Labute approximate surface area is 76.9 Å². The van der Waals surface area contributed by atoms with E-state index in [4.69, 9.17) is 4.74 Å². The molecule has 0 unspecified atom stereocenters. The van der Waals surface area contributed by atoms with Crippen molar-refractivity contribution >= 4 is 11.9 Å². The van der Waals surface area contributed by atoms with Gasteiger partial charge in [-0.15, -0.1) is 0 Å². The normalized spacial score (nSPS) is 15.9. The Morgan fingerprint density at radius 2 is 2.08 bits per heavy atom. The fourth-order valence-electron chi connectivity index (χ4n) is 0.868. The first-order chi connectivity index (χ1) is 5.87. The van der Waals surface area contributed by atoms with Crippen molar-refractivity contribution < 1.29 is 14.3 Å². The second kappa shape index (κ2) is 3.20. The van der Waals surface area contributed by atoms with E-state index in [9.17, 15) is 9.59 Å². The lowest BCUT2D eigenvalue weighted by Gasteiger charge is -2.21. The average molecular weight is 183 g/mol. The van der Waals surface area contributed by atoms with E-state index in [1.165, 1.54) is 6.08 Å².